The largest absolute Gasteiger partial charge is 0.373 e. The second kappa shape index (κ2) is 4.89. The fourth-order valence-electron chi connectivity index (χ4n) is 2.96. The highest BCUT2D eigenvalue weighted by molar-refractivity contribution is 5.49. The first kappa shape index (κ1) is 13.1. The van der Waals surface area contributed by atoms with E-state index < -0.39 is 0 Å². The third-order valence-electron chi connectivity index (χ3n) is 4.31. The Hall–Kier alpha value is -1.90. The Morgan fingerprint density at radius 2 is 1.85 bits per heavy atom. The van der Waals surface area contributed by atoms with Gasteiger partial charge in [0.25, 0.3) is 0 Å². The Labute approximate surface area is 120 Å². The van der Waals surface area contributed by atoms with Gasteiger partial charge in [0, 0.05) is 18.3 Å². The molecule has 0 aliphatic heterocycles. The van der Waals surface area contributed by atoms with Crippen LogP contribution in [0.5, 0.6) is 0 Å². The molecule has 1 aliphatic rings. The molecule has 0 unspecified atom stereocenters. The average Bonchev–Trinajstić information content (AvgIpc) is 3.29. The summed E-state index contributed by atoms with van der Waals surface area (Å²) >= 11 is 0. The smallest absolute Gasteiger partial charge is 0.141 e. The minimum Gasteiger partial charge on any atom is -0.373 e. The lowest BCUT2D eigenvalue weighted by Gasteiger charge is -2.18. The van der Waals surface area contributed by atoms with E-state index in [4.69, 9.17) is 9.97 Å². The summed E-state index contributed by atoms with van der Waals surface area (Å²) in [5, 5.41) is 3.23. The highest BCUT2D eigenvalue weighted by Crippen LogP contribution is 2.52. The van der Waals surface area contributed by atoms with Gasteiger partial charge in [-0.3, -0.25) is 0 Å². The molecule has 20 heavy (non-hydrogen) atoms. The lowest BCUT2D eigenvalue weighted by Crippen LogP contribution is -2.16. The molecule has 0 saturated heterocycles. The fourth-order valence-corrected chi connectivity index (χ4v) is 2.96. The van der Waals surface area contributed by atoms with Crippen LogP contribution < -0.4 is 5.32 Å². The highest BCUT2D eigenvalue weighted by Gasteiger charge is 2.48. The molecule has 3 heteroatoms. The predicted octanol–water partition coefficient (Wildman–Crippen LogP) is 3.47. The van der Waals surface area contributed by atoms with Crippen molar-refractivity contribution in [3.05, 3.63) is 53.0 Å². The fraction of sp³-hybridized carbons (Fsp3) is 0.412. The van der Waals surface area contributed by atoms with Crippen molar-refractivity contribution in [1.82, 2.24) is 9.97 Å². The molecule has 3 rings (SSSR count). The van der Waals surface area contributed by atoms with Crippen molar-refractivity contribution in [2.75, 3.05) is 12.4 Å². The molecule has 1 fully saturated rings. The lowest BCUT2D eigenvalue weighted by atomic mass is 9.94. The van der Waals surface area contributed by atoms with Gasteiger partial charge in [0.15, 0.2) is 0 Å². The molecule has 104 valence electrons. The summed E-state index contributed by atoms with van der Waals surface area (Å²) in [5.74, 6) is 1.96. The van der Waals surface area contributed by atoms with Crippen LogP contribution in [0.2, 0.25) is 0 Å². The highest BCUT2D eigenvalue weighted by atomic mass is 15.0. The van der Waals surface area contributed by atoms with Crippen molar-refractivity contribution in [3.8, 4) is 0 Å². The van der Waals surface area contributed by atoms with E-state index in [1.165, 1.54) is 11.1 Å². The lowest BCUT2D eigenvalue weighted by molar-refractivity contribution is 0.742. The van der Waals surface area contributed by atoms with Crippen LogP contribution in [0, 0.1) is 6.92 Å². The van der Waals surface area contributed by atoms with Gasteiger partial charge in [0.2, 0.25) is 0 Å². The van der Waals surface area contributed by atoms with Crippen LogP contribution in [-0.2, 0) is 11.8 Å². The Morgan fingerprint density at radius 3 is 2.40 bits per heavy atom. The first-order valence-electron chi connectivity index (χ1n) is 7.32. The molecule has 0 bridgehead atoms. The molecule has 2 aromatic rings. The van der Waals surface area contributed by atoms with E-state index in [0.29, 0.717) is 0 Å². The molecule has 1 N–H and O–H groups in total. The molecule has 1 aliphatic carbocycles. The minimum absolute atomic E-state index is 0.0455. The van der Waals surface area contributed by atoms with E-state index in [9.17, 15) is 0 Å². The Balaban J connectivity index is 2.09. The number of nitrogens with zero attached hydrogens (tertiary/aromatic N) is 2. The molecule has 1 saturated carbocycles. The van der Waals surface area contributed by atoms with Crippen molar-refractivity contribution < 1.29 is 0 Å². The van der Waals surface area contributed by atoms with Crippen LogP contribution in [0.25, 0.3) is 0 Å². The Bertz CT molecular complexity index is 616. The zero-order chi connectivity index (χ0) is 14.2. The number of aryl methyl sites for hydroxylation is 1. The van der Waals surface area contributed by atoms with Crippen LogP contribution >= 0.6 is 0 Å². The van der Waals surface area contributed by atoms with E-state index in [1.807, 2.05) is 7.05 Å². The van der Waals surface area contributed by atoms with Crippen LogP contribution in [0.15, 0.2) is 30.3 Å². The van der Waals surface area contributed by atoms with Gasteiger partial charge in [-0.05, 0) is 31.7 Å². The number of rotatable bonds is 4. The monoisotopic (exact) mass is 267 g/mol. The Kier molecular flexibility index (Phi) is 3.20. The van der Waals surface area contributed by atoms with E-state index in [0.717, 1.165) is 36.6 Å². The molecule has 1 aromatic heterocycles. The molecule has 3 nitrogen and oxygen atoms in total. The number of hydrogen-bond donors (Lipinski definition) is 1. The van der Waals surface area contributed by atoms with Crippen LogP contribution in [0.4, 0.5) is 5.82 Å². The van der Waals surface area contributed by atoms with Gasteiger partial charge in [0.05, 0.1) is 5.41 Å². The second-order valence-corrected chi connectivity index (χ2v) is 5.51. The van der Waals surface area contributed by atoms with Gasteiger partial charge >= 0.3 is 0 Å². The topological polar surface area (TPSA) is 37.8 Å². The van der Waals surface area contributed by atoms with Gasteiger partial charge in [-0.1, -0.05) is 37.3 Å². The Morgan fingerprint density at radius 1 is 1.15 bits per heavy atom. The molecule has 1 aromatic carbocycles. The van der Waals surface area contributed by atoms with Crippen molar-refractivity contribution >= 4 is 5.82 Å². The SMILES string of the molecule is CCc1c(C)nc(C2(c3ccccc3)CC2)nc1NC. The van der Waals surface area contributed by atoms with Crippen molar-refractivity contribution in [1.29, 1.82) is 0 Å². The standard InChI is InChI=1S/C17H21N3/c1-4-14-12(2)19-16(20-15(14)18-3)17(10-11-17)13-8-6-5-7-9-13/h5-9H,4,10-11H2,1-3H3,(H,18,19,20). The number of nitrogens with one attached hydrogen (secondary N) is 1. The van der Waals surface area contributed by atoms with E-state index in [-0.39, 0.29) is 5.41 Å². The zero-order valence-electron chi connectivity index (χ0n) is 12.4. The third kappa shape index (κ3) is 1.98. The summed E-state index contributed by atoms with van der Waals surface area (Å²) in [4.78, 5) is 9.62. The van der Waals surface area contributed by atoms with Crippen molar-refractivity contribution in [2.45, 2.75) is 38.5 Å². The van der Waals surface area contributed by atoms with Crippen LogP contribution in [0.3, 0.4) is 0 Å². The third-order valence-corrected chi connectivity index (χ3v) is 4.31. The molecule has 0 spiro atoms. The second-order valence-electron chi connectivity index (χ2n) is 5.51. The summed E-state index contributed by atoms with van der Waals surface area (Å²) in [5.41, 5.74) is 3.71. The van der Waals surface area contributed by atoms with Gasteiger partial charge in [-0.2, -0.15) is 0 Å². The maximum absolute atomic E-state index is 4.81. The summed E-state index contributed by atoms with van der Waals surface area (Å²) < 4.78 is 0. The van der Waals surface area contributed by atoms with Crippen LogP contribution in [-0.4, -0.2) is 17.0 Å². The summed E-state index contributed by atoms with van der Waals surface area (Å²) in [6.45, 7) is 4.24. The van der Waals surface area contributed by atoms with Crippen molar-refractivity contribution in [3.63, 3.8) is 0 Å². The van der Waals surface area contributed by atoms with Gasteiger partial charge in [-0.25, -0.2) is 9.97 Å². The van der Waals surface area contributed by atoms with E-state index in [1.54, 1.807) is 0 Å². The normalized spacial score (nSPS) is 15.9. The molecule has 1 heterocycles. The minimum atomic E-state index is 0.0455. The van der Waals surface area contributed by atoms with Crippen molar-refractivity contribution in [2.24, 2.45) is 0 Å². The molecular formula is C17H21N3. The van der Waals surface area contributed by atoms with Gasteiger partial charge in [-0.15, -0.1) is 0 Å². The number of benzene rings is 1. The number of aromatic nitrogens is 2. The molecule has 0 amide bonds. The summed E-state index contributed by atoms with van der Waals surface area (Å²) in [6.07, 6.45) is 3.25. The van der Waals surface area contributed by atoms with Crippen LogP contribution in [0.1, 0.15) is 42.4 Å². The zero-order valence-corrected chi connectivity index (χ0v) is 12.4. The first-order valence-corrected chi connectivity index (χ1v) is 7.32. The molecule has 0 atom stereocenters. The summed E-state index contributed by atoms with van der Waals surface area (Å²) in [6, 6.07) is 10.6. The van der Waals surface area contributed by atoms with E-state index >= 15 is 0 Å². The molecule has 0 radical (unpaired) electrons. The molecular weight excluding hydrogens is 246 g/mol. The predicted molar refractivity (Wildman–Crippen MR) is 82.1 cm³/mol. The summed E-state index contributed by atoms with van der Waals surface area (Å²) in [7, 11) is 1.94. The average molecular weight is 267 g/mol. The number of anilines is 1. The maximum Gasteiger partial charge on any atom is 0.141 e. The van der Waals surface area contributed by atoms with Gasteiger partial charge in [0.1, 0.15) is 11.6 Å². The van der Waals surface area contributed by atoms with E-state index in [2.05, 4.69) is 49.5 Å². The number of hydrogen-bond acceptors (Lipinski definition) is 3. The van der Waals surface area contributed by atoms with Gasteiger partial charge < -0.3 is 5.32 Å². The first-order chi connectivity index (χ1) is 9.71. The maximum atomic E-state index is 4.81. The quantitative estimate of drug-likeness (QED) is 0.921.